The van der Waals surface area contributed by atoms with Crippen LogP contribution in [0, 0.1) is 17.2 Å². The Balaban J connectivity index is 2.13. The van der Waals surface area contributed by atoms with Crippen LogP contribution >= 0.6 is 0 Å². The molecule has 1 saturated heterocycles. The first-order chi connectivity index (χ1) is 7.22. The van der Waals surface area contributed by atoms with Gasteiger partial charge in [-0.1, -0.05) is 0 Å². The van der Waals surface area contributed by atoms with Gasteiger partial charge in [0.1, 0.15) is 0 Å². The van der Waals surface area contributed by atoms with E-state index in [1.54, 1.807) is 6.92 Å². The molecule has 1 aliphatic rings. The van der Waals surface area contributed by atoms with Crippen LogP contribution in [0.2, 0.25) is 0 Å². The topological polar surface area (TPSA) is 56.1 Å². The first-order valence-electron chi connectivity index (χ1n) is 5.56. The van der Waals surface area contributed by atoms with Crippen molar-refractivity contribution in [2.75, 3.05) is 26.2 Å². The van der Waals surface area contributed by atoms with Gasteiger partial charge in [-0.2, -0.15) is 5.26 Å². The van der Waals surface area contributed by atoms with Crippen LogP contribution in [0.25, 0.3) is 0 Å². The number of nitriles is 1. The molecule has 0 aromatic carbocycles. The van der Waals surface area contributed by atoms with E-state index in [0.717, 1.165) is 39.0 Å². The second kappa shape index (κ2) is 6.41. The highest BCUT2D eigenvalue weighted by Gasteiger charge is 2.18. The summed E-state index contributed by atoms with van der Waals surface area (Å²) in [5.41, 5.74) is 0. The molecule has 1 fully saturated rings. The van der Waals surface area contributed by atoms with E-state index >= 15 is 0 Å². The van der Waals surface area contributed by atoms with Crippen molar-refractivity contribution in [2.45, 2.75) is 26.2 Å². The van der Waals surface area contributed by atoms with E-state index in [0.29, 0.717) is 12.3 Å². The van der Waals surface area contributed by atoms with Crippen molar-refractivity contribution >= 4 is 5.91 Å². The fourth-order valence-electron chi connectivity index (χ4n) is 1.91. The van der Waals surface area contributed by atoms with Gasteiger partial charge in [0.2, 0.25) is 5.91 Å². The summed E-state index contributed by atoms with van der Waals surface area (Å²) in [6, 6.07) is 2.17. The summed E-state index contributed by atoms with van der Waals surface area (Å²) < 4.78 is 0. The van der Waals surface area contributed by atoms with Crippen molar-refractivity contribution in [1.29, 1.82) is 5.26 Å². The molecule has 0 atom stereocenters. The largest absolute Gasteiger partial charge is 0.356 e. The van der Waals surface area contributed by atoms with E-state index in [9.17, 15) is 4.79 Å². The lowest BCUT2D eigenvalue weighted by Gasteiger charge is -2.31. The Morgan fingerprint density at radius 2 is 2.20 bits per heavy atom. The molecule has 0 spiro atoms. The Labute approximate surface area is 91.2 Å². The monoisotopic (exact) mass is 209 g/mol. The van der Waals surface area contributed by atoms with Crippen LogP contribution in [-0.4, -0.2) is 37.0 Å². The van der Waals surface area contributed by atoms with Crippen LogP contribution in [0.3, 0.4) is 0 Å². The van der Waals surface area contributed by atoms with Crippen LogP contribution in [-0.2, 0) is 4.79 Å². The molecule has 0 aliphatic carbocycles. The molecule has 1 rings (SSSR count). The van der Waals surface area contributed by atoms with Gasteiger partial charge in [-0.25, -0.2) is 0 Å². The normalized spacial score (nSPS) is 18.4. The molecule has 1 heterocycles. The number of rotatable bonds is 4. The third-order valence-corrected chi connectivity index (χ3v) is 2.89. The quantitative estimate of drug-likeness (QED) is 0.743. The number of piperidine rings is 1. The van der Waals surface area contributed by atoms with Crippen LogP contribution < -0.4 is 5.32 Å². The van der Waals surface area contributed by atoms with Gasteiger partial charge in [-0.15, -0.1) is 0 Å². The summed E-state index contributed by atoms with van der Waals surface area (Å²) in [6.07, 6.45) is 2.88. The van der Waals surface area contributed by atoms with Gasteiger partial charge < -0.3 is 10.2 Å². The van der Waals surface area contributed by atoms with Crippen molar-refractivity contribution < 1.29 is 4.79 Å². The minimum atomic E-state index is 0.0573. The second-order valence-corrected chi connectivity index (χ2v) is 4.13. The van der Waals surface area contributed by atoms with Gasteiger partial charge in [0.05, 0.1) is 6.07 Å². The maximum atomic E-state index is 10.7. The number of nitrogens with zero attached hydrogens (tertiary/aromatic N) is 2. The molecule has 0 aromatic heterocycles. The van der Waals surface area contributed by atoms with Gasteiger partial charge >= 0.3 is 0 Å². The molecule has 0 radical (unpaired) electrons. The number of hydrogen-bond donors (Lipinski definition) is 1. The molecule has 0 bridgehead atoms. The van der Waals surface area contributed by atoms with Crippen molar-refractivity contribution in [3.05, 3.63) is 0 Å². The summed E-state index contributed by atoms with van der Waals surface area (Å²) in [6.45, 7) is 5.38. The predicted octanol–water partition coefficient (Wildman–Crippen LogP) is 0.748. The van der Waals surface area contributed by atoms with E-state index in [4.69, 9.17) is 5.26 Å². The van der Waals surface area contributed by atoms with Crippen molar-refractivity contribution in [3.8, 4) is 6.07 Å². The third kappa shape index (κ3) is 4.80. The van der Waals surface area contributed by atoms with Crippen LogP contribution in [0.5, 0.6) is 0 Å². The zero-order chi connectivity index (χ0) is 11.1. The Morgan fingerprint density at radius 3 is 2.73 bits per heavy atom. The average Bonchev–Trinajstić information content (AvgIpc) is 2.25. The van der Waals surface area contributed by atoms with Gasteiger partial charge in [0.15, 0.2) is 0 Å². The number of amides is 1. The van der Waals surface area contributed by atoms with Crippen molar-refractivity contribution in [3.63, 3.8) is 0 Å². The molecule has 4 nitrogen and oxygen atoms in total. The molecule has 4 heteroatoms. The van der Waals surface area contributed by atoms with Gasteiger partial charge in [0, 0.05) is 26.4 Å². The SMILES string of the molecule is CC(=O)NCC1CCN(CCC#N)CC1. The Hall–Kier alpha value is -1.08. The first kappa shape index (κ1) is 12.0. The average molecular weight is 209 g/mol. The van der Waals surface area contributed by atoms with Crippen molar-refractivity contribution in [1.82, 2.24) is 10.2 Å². The van der Waals surface area contributed by atoms with E-state index < -0.39 is 0 Å². The Bertz CT molecular complexity index is 239. The lowest BCUT2D eigenvalue weighted by atomic mass is 9.97. The second-order valence-electron chi connectivity index (χ2n) is 4.13. The molecule has 15 heavy (non-hydrogen) atoms. The number of nitrogens with one attached hydrogen (secondary N) is 1. The molecule has 0 saturated carbocycles. The lowest BCUT2D eigenvalue weighted by molar-refractivity contribution is -0.119. The highest BCUT2D eigenvalue weighted by atomic mass is 16.1. The van der Waals surface area contributed by atoms with Crippen molar-refractivity contribution in [2.24, 2.45) is 5.92 Å². The van der Waals surface area contributed by atoms with Crippen LogP contribution in [0.15, 0.2) is 0 Å². The summed E-state index contributed by atoms with van der Waals surface area (Å²) >= 11 is 0. The van der Waals surface area contributed by atoms with E-state index in [-0.39, 0.29) is 5.91 Å². The Morgan fingerprint density at radius 1 is 1.53 bits per heavy atom. The molecule has 1 N–H and O–H groups in total. The lowest BCUT2D eigenvalue weighted by Crippen LogP contribution is -2.38. The minimum absolute atomic E-state index is 0.0573. The minimum Gasteiger partial charge on any atom is -0.356 e. The molecule has 84 valence electrons. The first-order valence-corrected chi connectivity index (χ1v) is 5.56. The molecular weight excluding hydrogens is 190 g/mol. The molecule has 0 aromatic rings. The number of carbonyl (C=O) groups excluding carboxylic acids is 1. The van der Waals surface area contributed by atoms with E-state index in [2.05, 4.69) is 16.3 Å². The maximum absolute atomic E-state index is 10.7. The summed E-state index contributed by atoms with van der Waals surface area (Å²) in [5.74, 6) is 0.675. The smallest absolute Gasteiger partial charge is 0.216 e. The number of hydrogen-bond acceptors (Lipinski definition) is 3. The summed E-state index contributed by atoms with van der Waals surface area (Å²) in [7, 11) is 0. The van der Waals surface area contributed by atoms with Gasteiger partial charge in [-0.3, -0.25) is 4.79 Å². The summed E-state index contributed by atoms with van der Waals surface area (Å²) in [5, 5.41) is 11.3. The molecular formula is C11H19N3O. The van der Waals surface area contributed by atoms with Crippen LogP contribution in [0.1, 0.15) is 26.2 Å². The predicted molar refractivity (Wildman–Crippen MR) is 58.1 cm³/mol. The highest BCUT2D eigenvalue weighted by molar-refractivity contribution is 5.72. The maximum Gasteiger partial charge on any atom is 0.216 e. The Kier molecular flexibility index (Phi) is 5.13. The highest BCUT2D eigenvalue weighted by Crippen LogP contribution is 2.16. The van der Waals surface area contributed by atoms with E-state index in [1.807, 2.05) is 0 Å². The standard InChI is InChI=1S/C11H19N3O/c1-10(15)13-9-11-3-7-14(8-4-11)6-2-5-12/h11H,2-4,6-9H2,1H3,(H,13,15). The van der Waals surface area contributed by atoms with Gasteiger partial charge in [0.25, 0.3) is 0 Å². The number of carbonyl (C=O) groups is 1. The molecule has 1 aliphatic heterocycles. The van der Waals surface area contributed by atoms with E-state index in [1.165, 1.54) is 0 Å². The number of likely N-dealkylation sites (tertiary alicyclic amines) is 1. The zero-order valence-corrected chi connectivity index (χ0v) is 9.33. The third-order valence-electron chi connectivity index (χ3n) is 2.89. The van der Waals surface area contributed by atoms with Crippen LogP contribution in [0.4, 0.5) is 0 Å². The summed E-state index contributed by atoms with van der Waals surface area (Å²) in [4.78, 5) is 13.1. The fourth-order valence-corrected chi connectivity index (χ4v) is 1.91. The zero-order valence-electron chi connectivity index (χ0n) is 9.33. The molecule has 1 amide bonds. The fraction of sp³-hybridized carbons (Fsp3) is 0.818. The van der Waals surface area contributed by atoms with Gasteiger partial charge in [-0.05, 0) is 31.8 Å². The molecule has 0 unspecified atom stereocenters.